The zero-order chi connectivity index (χ0) is 17.1. The van der Waals surface area contributed by atoms with Gasteiger partial charge < -0.3 is 24.4 Å². The zero-order valence-corrected chi connectivity index (χ0v) is 13.5. The van der Waals surface area contributed by atoms with Gasteiger partial charge in [0.05, 0.1) is 13.3 Å². The highest BCUT2D eigenvalue weighted by atomic mass is 16.5. The Labute approximate surface area is 138 Å². The highest BCUT2D eigenvalue weighted by molar-refractivity contribution is 5.71. The molecule has 1 aliphatic carbocycles. The van der Waals surface area contributed by atoms with Crippen molar-refractivity contribution < 1.29 is 23.9 Å². The van der Waals surface area contributed by atoms with Crippen LogP contribution in [0.4, 0.5) is 4.79 Å². The smallest absolute Gasteiger partial charge is 0.404 e. The Morgan fingerprint density at radius 3 is 2.96 bits per heavy atom. The Bertz CT molecular complexity index is 717. The van der Waals surface area contributed by atoms with E-state index in [2.05, 4.69) is 15.5 Å². The minimum absolute atomic E-state index is 0.0879. The molecule has 0 aliphatic heterocycles. The van der Waals surface area contributed by atoms with Crippen molar-refractivity contribution in [2.75, 3.05) is 7.11 Å². The van der Waals surface area contributed by atoms with E-state index in [1.54, 1.807) is 12.3 Å². The van der Waals surface area contributed by atoms with Gasteiger partial charge in [0.15, 0.2) is 5.76 Å². The summed E-state index contributed by atoms with van der Waals surface area (Å²) < 4.78 is 16.7. The number of nitrogens with one attached hydrogen (secondary N) is 1. The molecule has 1 amide bonds. The van der Waals surface area contributed by atoms with Crippen LogP contribution in [0.15, 0.2) is 22.9 Å². The Morgan fingerprint density at radius 1 is 1.46 bits per heavy atom. The first-order valence-corrected chi connectivity index (χ1v) is 7.69. The average Bonchev–Trinajstić information content (AvgIpc) is 3.18. The maximum Gasteiger partial charge on any atom is 0.404 e. The van der Waals surface area contributed by atoms with Gasteiger partial charge in [-0.25, -0.2) is 9.78 Å². The van der Waals surface area contributed by atoms with E-state index >= 15 is 0 Å². The van der Waals surface area contributed by atoms with E-state index in [1.165, 1.54) is 7.11 Å². The lowest BCUT2D eigenvalue weighted by atomic mass is 10.1. The predicted octanol–water partition coefficient (Wildman–Crippen LogP) is 2.62. The topological polar surface area (TPSA) is 107 Å². The molecular weight excluding hydrogens is 314 g/mol. The minimum atomic E-state index is -1.01. The summed E-state index contributed by atoms with van der Waals surface area (Å²) in [6, 6.07) is 3.44. The maximum absolute atomic E-state index is 10.8. The number of aromatic nitrogens is 2. The molecular formula is C16H19N3O5. The molecule has 0 saturated heterocycles. The quantitative estimate of drug-likeness (QED) is 0.866. The summed E-state index contributed by atoms with van der Waals surface area (Å²) in [6.07, 6.45) is 2.58. The SMILES string of the molecule is COc1nc(C)cc(O[C@@H]2CC[C@H](NC(=O)O)C2)c1-c1ccno1. The van der Waals surface area contributed by atoms with Crippen LogP contribution in [0.5, 0.6) is 11.6 Å². The summed E-state index contributed by atoms with van der Waals surface area (Å²) >= 11 is 0. The van der Waals surface area contributed by atoms with Crippen LogP contribution in [0.2, 0.25) is 0 Å². The van der Waals surface area contributed by atoms with Gasteiger partial charge in [0, 0.05) is 30.3 Å². The summed E-state index contributed by atoms with van der Waals surface area (Å²) in [4.78, 5) is 15.1. The molecule has 0 bridgehead atoms. The number of hydrogen-bond donors (Lipinski definition) is 2. The van der Waals surface area contributed by atoms with Crippen molar-refractivity contribution in [2.24, 2.45) is 0 Å². The van der Waals surface area contributed by atoms with Gasteiger partial charge in [-0.3, -0.25) is 0 Å². The third-order valence-electron chi connectivity index (χ3n) is 3.96. The Hall–Kier alpha value is -2.77. The molecule has 0 unspecified atom stereocenters. The van der Waals surface area contributed by atoms with Gasteiger partial charge >= 0.3 is 6.09 Å². The number of carboxylic acid groups (broad SMARTS) is 1. The first-order valence-electron chi connectivity index (χ1n) is 7.69. The second-order valence-corrected chi connectivity index (χ2v) is 5.72. The van der Waals surface area contributed by atoms with Crippen molar-refractivity contribution in [3.63, 3.8) is 0 Å². The molecule has 3 rings (SSSR count). The standard InChI is InChI=1S/C16H19N3O5/c1-9-7-13(23-11-4-3-10(8-11)19-16(20)21)14(15(18-9)22-2)12-5-6-17-24-12/h5-7,10-11,19H,3-4,8H2,1-2H3,(H,20,21)/t10-,11+/m0/s1. The van der Waals surface area contributed by atoms with Gasteiger partial charge in [0.25, 0.3) is 0 Å². The van der Waals surface area contributed by atoms with E-state index in [0.717, 1.165) is 18.5 Å². The lowest BCUT2D eigenvalue weighted by Gasteiger charge is -2.18. The lowest BCUT2D eigenvalue weighted by Crippen LogP contribution is -2.32. The molecule has 1 fully saturated rings. The summed E-state index contributed by atoms with van der Waals surface area (Å²) in [5.74, 6) is 1.50. The Kier molecular flexibility index (Phi) is 4.54. The number of ether oxygens (including phenoxy) is 2. The first-order chi connectivity index (χ1) is 11.6. The number of methoxy groups -OCH3 is 1. The number of amides is 1. The molecule has 0 spiro atoms. The third-order valence-corrected chi connectivity index (χ3v) is 3.96. The summed E-state index contributed by atoms with van der Waals surface area (Å²) in [5, 5.41) is 15.1. The molecule has 0 aromatic carbocycles. The number of carbonyl (C=O) groups is 1. The molecule has 24 heavy (non-hydrogen) atoms. The zero-order valence-electron chi connectivity index (χ0n) is 13.5. The normalized spacial score (nSPS) is 19.9. The van der Waals surface area contributed by atoms with Gasteiger partial charge in [-0.1, -0.05) is 5.16 Å². The van der Waals surface area contributed by atoms with E-state index in [-0.39, 0.29) is 12.1 Å². The van der Waals surface area contributed by atoms with E-state index in [1.807, 2.05) is 13.0 Å². The largest absolute Gasteiger partial charge is 0.489 e. The fourth-order valence-corrected chi connectivity index (χ4v) is 2.96. The number of rotatable bonds is 5. The molecule has 8 heteroatoms. The van der Waals surface area contributed by atoms with Crippen LogP contribution in [-0.2, 0) is 0 Å². The molecule has 8 nitrogen and oxygen atoms in total. The van der Waals surface area contributed by atoms with Crippen LogP contribution in [-0.4, -0.2) is 40.6 Å². The molecule has 0 radical (unpaired) electrons. The van der Waals surface area contributed by atoms with Gasteiger partial charge in [-0.2, -0.15) is 0 Å². The van der Waals surface area contributed by atoms with Crippen LogP contribution < -0.4 is 14.8 Å². The molecule has 2 aromatic heterocycles. The number of hydrogen-bond acceptors (Lipinski definition) is 6. The number of aryl methyl sites for hydroxylation is 1. The Balaban J connectivity index is 1.85. The van der Waals surface area contributed by atoms with E-state index < -0.39 is 6.09 Å². The molecule has 2 atom stereocenters. The van der Waals surface area contributed by atoms with Crippen LogP contribution in [0.25, 0.3) is 11.3 Å². The van der Waals surface area contributed by atoms with Crippen molar-refractivity contribution >= 4 is 6.09 Å². The van der Waals surface area contributed by atoms with E-state index in [0.29, 0.717) is 29.4 Å². The van der Waals surface area contributed by atoms with Crippen molar-refractivity contribution in [1.82, 2.24) is 15.5 Å². The molecule has 2 heterocycles. The lowest BCUT2D eigenvalue weighted by molar-refractivity contribution is 0.185. The molecule has 1 saturated carbocycles. The fourth-order valence-electron chi connectivity index (χ4n) is 2.96. The van der Waals surface area contributed by atoms with E-state index in [4.69, 9.17) is 19.1 Å². The van der Waals surface area contributed by atoms with Crippen molar-refractivity contribution in [3.05, 3.63) is 24.0 Å². The monoisotopic (exact) mass is 333 g/mol. The summed E-state index contributed by atoms with van der Waals surface area (Å²) in [7, 11) is 1.54. The van der Waals surface area contributed by atoms with Crippen molar-refractivity contribution in [2.45, 2.75) is 38.3 Å². The maximum atomic E-state index is 10.8. The second kappa shape index (κ2) is 6.77. The van der Waals surface area contributed by atoms with Gasteiger partial charge in [-0.05, 0) is 19.8 Å². The van der Waals surface area contributed by atoms with Gasteiger partial charge in [0.1, 0.15) is 17.4 Å². The van der Waals surface area contributed by atoms with Crippen molar-refractivity contribution in [1.29, 1.82) is 0 Å². The summed E-state index contributed by atoms with van der Waals surface area (Å²) in [6.45, 7) is 1.85. The predicted molar refractivity (Wildman–Crippen MR) is 84.2 cm³/mol. The van der Waals surface area contributed by atoms with Crippen molar-refractivity contribution in [3.8, 4) is 23.0 Å². The van der Waals surface area contributed by atoms with Crippen LogP contribution in [0.1, 0.15) is 25.0 Å². The summed E-state index contributed by atoms with van der Waals surface area (Å²) in [5.41, 5.74) is 1.36. The van der Waals surface area contributed by atoms with Gasteiger partial charge in [0.2, 0.25) is 5.88 Å². The molecule has 2 N–H and O–H groups in total. The first kappa shape index (κ1) is 16.1. The highest BCUT2D eigenvalue weighted by Gasteiger charge is 2.29. The molecule has 128 valence electrons. The highest BCUT2D eigenvalue weighted by Crippen LogP contribution is 2.39. The number of pyridine rings is 1. The van der Waals surface area contributed by atoms with Crippen LogP contribution in [0, 0.1) is 6.92 Å². The fraction of sp³-hybridized carbons (Fsp3) is 0.438. The van der Waals surface area contributed by atoms with Crippen LogP contribution in [0.3, 0.4) is 0 Å². The Morgan fingerprint density at radius 2 is 2.29 bits per heavy atom. The van der Waals surface area contributed by atoms with E-state index in [9.17, 15) is 4.79 Å². The number of nitrogens with zero attached hydrogens (tertiary/aromatic N) is 2. The molecule has 1 aliphatic rings. The second-order valence-electron chi connectivity index (χ2n) is 5.72. The van der Waals surface area contributed by atoms with Crippen LogP contribution >= 0.6 is 0 Å². The average molecular weight is 333 g/mol. The molecule has 2 aromatic rings. The third kappa shape index (κ3) is 3.42. The minimum Gasteiger partial charge on any atom is -0.489 e. The van der Waals surface area contributed by atoms with Gasteiger partial charge in [-0.15, -0.1) is 0 Å².